The normalized spacial score (nSPS) is 21.5. The van der Waals surface area contributed by atoms with E-state index in [1.54, 1.807) is 37.3 Å². The molecule has 0 radical (unpaired) electrons. The summed E-state index contributed by atoms with van der Waals surface area (Å²) in [6, 6.07) is 10.3. The summed E-state index contributed by atoms with van der Waals surface area (Å²) in [4.78, 5) is 2.02. The van der Waals surface area contributed by atoms with E-state index in [0.717, 1.165) is 0 Å². The highest BCUT2D eigenvalue weighted by molar-refractivity contribution is 7.89. The molecule has 2 aromatic rings. The highest BCUT2D eigenvalue weighted by Gasteiger charge is 2.37. The van der Waals surface area contributed by atoms with Gasteiger partial charge in [-0.25, -0.2) is 12.8 Å². The van der Waals surface area contributed by atoms with Crippen molar-refractivity contribution in [3.05, 3.63) is 59.4 Å². The molecule has 0 saturated carbocycles. The molecule has 0 amide bonds. The molecule has 0 bridgehead atoms. The SMILES string of the molecule is C[C@@H]1CN([C@H](C)CO)S(=O)(=O)c2ccc(C#Cc3ccccc3F)cc2O[C@@H]1CN(C)C. The highest BCUT2D eigenvalue weighted by atomic mass is 32.2. The molecule has 0 saturated heterocycles. The van der Waals surface area contributed by atoms with E-state index >= 15 is 0 Å². The Hall–Kier alpha value is -2.44. The van der Waals surface area contributed by atoms with Crippen molar-refractivity contribution in [2.24, 2.45) is 5.92 Å². The third-order valence-electron chi connectivity index (χ3n) is 5.43. The zero-order chi connectivity index (χ0) is 23.5. The van der Waals surface area contributed by atoms with Gasteiger partial charge in [0, 0.05) is 30.6 Å². The van der Waals surface area contributed by atoms with Crippen molar-refractivity contribution >= 4 is 10.0 Å². The minimum absolute atomic E-state index is 0.0323. The van der Waals surface area contributed by atoms with Crippen LogP contribution in [0.1, 0.15) is 25.0 Å². The largest absolute Gasteiger partial charge is 0.487 e. The third kappa shape index (κ3) is 5.30. The number of aliphatic hydroxyl groups is 1. The molecule has 8 heteroatoms. The van der Waals surface area contributed by atoms with Gasteiger partial charge >= 0.3 is 0 Å². The average Bonchev–Trinajstić information content (AvgIpc) is 2.74. The van der Waals surface area contributed by atoms with E-state index < -0.39 is 21.9 Å². The standard InChI is InChI=1S/C24H29FN2O4S/c1-17-14-27(18(2)16-28)32(29,30)24-12-10-19(9-11-20-7-5-6-8-21(20)25)13-22(24)31-23(17)15-26(3)4/h5-8,10,12-13,17-18,23,28H,14-16H2,1-4H3/t17-,18-,23-/m1/s1. The first-order valence-corrected chi connectivity index (χ1v) is 11.9. The number of sulfonamides is 1. The predicted molar refractivity (Wildman–Crippen MR) is 121 cm³/mol. The lowest BCUT2D eigenvalue weighted by molar-refractivity contribution is 0.0812. The van der Waals surface area contributed by atoms with Gasteiger partial charge in [-0.1, -0.05) is 30.9 Å². The Bertz CT molecular complexity index is 1120. The van der Waals surface area contributed by atoms with Crippen LogP contribution in [-0.2, 0) is 10.0 Å². The zero-order valence-electron chi connectivity index (χ0n) is 18.7. The Labute approximate surface area is 189 Å². The van der Waals surface area contributed by atoms with Gasteiger partial charge in [-0.3, -0.25) is 0 Å². The highest BCUT2D eigenvalue weighted by Crippen LogP contribution is 2.34. The molecular formula is C24H29FN2O4S. The van der Waals surface area contributed by atoms with Crippen molar-refractivity contribution in [1.82, 2.24) is 9.21 Å². The Balaban J connectivity index is 2.09. The number of aliphatic hydroxyl groups excluding tert-OH is 1. The van der Waals surface area contributed by atoms with E-state index in [9.17, 15) is 17.9 Å². The van der Waals surface area contributed by atoms with Crippen molar-refractivity contribution < 1.29 is 22.7 Å². The molecule has 0 aliphatic carbocycles. The van der Waals surface area contributed by atoms with E-state index in [1.165, 1.54) is 16.4 Å². The van der Waals surface area contributed by atoms with Crippen LogP contribution in [0.5, 0.6) is 5.75 Å². The fraction of sp³-hybridized carbons (Fsp3) is 0.417. The van der Waals surface area contributed by atoms with Crippen LogP contribution in [0.4, 0.5) is 4.39 Å². The van der Waals surface area contributed by atoms with E-state index in [-0.39, 0.29) is 41.4 Å². The molecule has 1 heterocycles. The smallest absolute Gasteiger partial charge is 0.247 e. The fourth-order valence-corrected chi connectivity index (χ4v) is 5.41. The molecule has 1 aliphatic heterocycles. The maximum absolute atomic E-state index is 13.9. The number of hydrogen-bond acceptors (Lipinski definition) is 5. The minimum Gasteiger partial charge on any atom is -0.487 e. The van der Waals surface area contributed by atoms with Gasteiger partial charge in [0.1, 0.15) is 22.6 Å². The Morgan fingerprint density at radius 3 is 2.62 bits per heavy atom. The molecule has 3 rings (SSSR count). The maximum atomic E-state index is 13.9. The van der Waals surface area contributed by atoms with Gasteiger partial charge in [0.05, 0.1) is 12.2 Å². The molecule has 0 unspecified atom stereocenters. The van der Waals surface area contributed by atoms with Gasteiger partial charge in [-0.2, -0.15) is 4.31 Å². The van der Waals surface area contributed by atoms with Gasteiger partial charge in [-0.05, 0) is 51.4 Å². The molecule has 3 atom stereocenters. The number of fused-ring (bicyclic) bond motifs is 1. The third-order valence-corrected chi connectivity index (χ3v) is 7.45. The monoisotopic (exact) mass is 460 g/mol. The van der Waals surface area contributed by atoms with Crippen molar-refractivity contribution in [2.75, 3.05) is 33.8 Å². The van der Waals surface area contributed by atoms with Crippen molar-refractivity contribution in [3.63, 3.8) is 0 Å². The summed E-state index contributed by atoms with van der Waals surface area (Å²) >= 11 is 0. The molecule has 0 spiro atoms. The molecule has 2 aromatic carbocycles. The number of hydrogen-bond donors (Lipinski definition) is 1. The second-order valence-corrected chi connectivity index (χ2v) is 10.3. The van der Waals surface area contributed by atoms with Crippen LogP contribution >= 0.6 is 0 Å². The molecular weight excluding hydrogens is 431 g/mol. The van der Waals surface area contributed by atoms with E-state index in [2.05, 4.69) is 11.8 Å². The van der Waals surface area contributed by atoms with Crippen LogP contribution < -0.4 is 4.74 Å². The van der Waals surface area contributed by atoms with Crippen molar-refractivity contribution in [2.45, 2.75) is 30.9 Å². The molecule has 32 heavy (non-hydrogen) atoms. The second kappa shape index (κ2) is 10.0. The lowest BCUT2D eigenvalue weighted by Crippen LogP contribution is -2.49. The van der Waals surface area contributed by atoms with E-state index in [0.29, 0.717) is 12.1 Å². The van der Waals surface area contributed by atoms with Crippen LogP contribution in [0.15, 0.2) is 47.4 Å². The first-order chi connectivity index (χ1) is 15.1. The first-order valence-electron chi connectivity index (χ1n) is 10.5. The molecule has 6 nitrogen and oxygen atoms in total. The Morgan fingerprint density at radius 2 is 1.97 bits per heavy atom. The van der Waals surface area contributed by atoms with Gasteiger partial charge in [0.25, 0.3) is 0 Å². The zero-order valence-corrected chi connectivity index (χ0v) is 19.6. The summed E-state index contributed by atoms with van der Waals surface area (Å²) in [5.74, 6) is 5.36. The summed E-state index contributed by atoms with van der Waals surface area (Å²) in [7, 11) is -0.0478. The molecule has 0 aromatic heterocycles. The lowest BCUT2D eigenvalue weighted by Gasteiger charge is -2.37. The van der Waals surface area contributed by atoms with Crippen LogP contribution in [0.2, 0.25) is 0 Å². The Morgan fingerprint density at radius 1 is 1.25 bits per heavy atom. The minimum atomic E-state index is -3.90. The summed E-state index contributed by atoms with van der Waals surface area (Å²) in [5, 5.41) is 9.68. The summed E-state index contributed by atoms with van der Waals surface area (Å²) in [5.41, 5.74) is 0.774. The second-order valence-electron chi connectivity index (χ2n) is 8.39. The molecule has 0 fully saturated rings. The Kier molecular flexibility index (Phi) is 7.57. The van der Waals surface area contributed by atoms with Crippen LogP contribution in [0, 0.1) is 23.6 Å². The van der Waals surface area contributed by atoms with Crippen LogP contribution in [-0.4, -0.2) is 68.7 Å². The number of rotatable bonds is 4. The summed E-state index contributed by atoms with van der Waals surface area (Å²) in [6.07, 6.45) is -0.276. The molecule has 1 N–H and O–H groups in total. The quantitative estimate of drug-likeness (QED) is 0.711. The van der Waals surface area contributed by atoms with Gasteiger partial charge in [0.15, 0.2) is 0 Å². The number of nitrogens with zero attached hydrogens (tertiary/aromatic N) is 2. The summed E-state index contributed by atoms with van der Waals surface area (Å²) < 4.78 is 48.3. The average molecular weight is 461 g/mol. The van der Waals surface area contributed by atoms with Gasteiger partial charge < -0.3 is 14.7 Å². The predicted octanol–water partition coefficient (Wildman–Crippen LogP) is 2.56. The topological polar surface area (TPSA) is 70.1 Å². The van der Waals surface area contributed by atoms with Crippen molar-refractivity contribution in [3.8, 4) is 17.6 Å². The maximum Gasteiger partial charge on any atom is 0.247 e. The van der Waals surface area contributed by atoms with Gasteiger partial charge in [0.2, 0.25) is 10.0 Å². The van der Waals surface area contributed by atoms with Gasteiger partial charge in [-0.15, -0.1) is 0 Å². The lowest BCUT2D eigenvalue weighted by atomic mass is 10.0. The molecule has 1 aliphatic rings. The first kappa shape index (κ1) is 24.2. The number of benzene rings is 2. The fourth-order valence-electron chi connectivity index (χ4n) is 3.58. The summed E-state index contributed by atoms with van der Waals surface area (Å²) in [6.45, 7) is 4.16. The van der Waals surface area contributed by atoms with Crippen molar-refractivity contribution in [1.29, 1.82) is 0 Å². The van der Waals surface area contributed by atoms with Crippen LogP contribution in [0.25, 0.3) is 0 Å². The van der Waals surface area contributed by atoms with Crippen LogP contribution in [0.3, 0.4) is 0 Å². The number of halogens is 1. The number of likely N-dealkylation sites (N-methyl/N-ethyl adjacent to an activating group) is 1. The van der Waals surface area contributed by atoms with E-state index in [4.69, 9.17) is 4.74 Å². The van der Waals surface area contributed by atoms with E-state index in [1.807, 2.05) is 25.9 Å². The number of ether oxygens (including phenoxy) is 1. The molecule has 172 valence electrons.